The molecule has 0 amide bonds. The quantitative estimate of drug-likeness (QED) is 0.897. The van der Waals surface area contributed by atoms with Crippen LogP contribution in [0.3, 0.4) is 0 Å². The highest BCUT2D eigenvalue weighted by molar-refractivity contribution is 7.15. The van der Waals surface area contributed by atoms with E-state index in [1.807, 2.05) is 6.07 Å². The van der Waals surface area contributed by atoms with Crippen molar-refractivity contribution < 1.29 is 4.39 Å². The van der Waals surface area contributed by atoms with Crippen molar-refractivity contribution >= 4 is 16.5 Å². The SMILES string of the molecule is CC(C)(C)c1nc(N)sc1Cc1ccccc1F. The number of thiazole rings is 1. The van der Waals surface area contributed by atoms with Gasteiger partial charge in [0.2, 0.25) is 0 Å². The van der Waals surface area contributed by atoms with E-state index >= 15 is 0 Å². The van der Waals surface area contributed by atoms with Gasteiger partial charge in [0.15, 0.2) is 5.13 Å². The summed E-state index contributed by atoms with van der Waals surface area (Å²) in [6.07, 6.45) is 0.550. The Kier molecular flexibility index (Phi) is 3.39. The number of hydrogen-bond donors (Lipinski definition) is 1. The summed E-state index contributed by atoms with van der Waals surface area (Å²) in [5.41, 5.74) is 7.36. The Morgan fingerprint density at radius 3 is 2.56 bits per heavy atom. The van der Waals surface area contributed by atoms with Gasteiger partial charge in [0.1, 0.15) is 5.82 Å². The molecule has 0 unspecified atom stereocenters. The Bertz CT molecular complexity index is 555. The summed E-state index contributed by atoms with van der Waals surface area (Å²) in [6, 6.07) is 6.83. The lowest BCUT2D eigenvalue weighted by molar-refractivity contribution is 0.566. The van der Waals surface area contributed by atoms with Crippen LogP contribution in [0.2, 0.25) is 0 Å². The van der Waals surface area contributed by atoms with E-state index in [0.29, 0.717) is 17.1 Å². The molecule has 1 aromatic heterocycles. The van der Waals surface area contributed by atoms with Crippen LogP contribution in [0, 0.1) is 5.82 Å². The second-order valence-electron chi connectivity index (χ2n) is 5.34. The fourth-order valence-corrected chi connectivity index (χ4v) is 2.96. The average Bonchev–Trinajstić information content (AvgIpc) is 2.63. The highest BCUT2D eigenvalue weighted by Gasteiger charge is 2.23. The van der Waals surface area contributed by atoms with Crippen LogP contribution in [-0.4, -0.2) is 4.98 Å². The van der Waals surface area contributed by atoms with Gasteiger partial charge in [-0.15, -0.1) is 11.3 Å². The molecule has 0 bridgehead atoms. The molecule has 0 spiro atoms. The third-order valence-corrected chi connectivity index (χ3v) is 3.62. The largest absolute Gasteiger partial charge is 0.375 e. The number of halogens is 1. The summed E-state index contributed by atoms with van der Waals surface area (Å²) < 4.78 is 13.7. The zero-order valence-electron chi connectivity index (χ0n) is 10.8. The van der Waals surface area contributed by atoms with E-state index in [-0.39, 0.29) is 11.2 Å². The smallest absolute Gasteiger partial charge is 0.180 e. The fourth-order valence-electron chi connectivity index (χ4n) is 1.89. The van der Waals surface area contributed by atoms with Gasteiger partial charge in [-0.25, -0.2) is 9.37 Å². The second kappa shape index (κ2) is 4.69. The van der Waals surface area contributed by atoms with Crippen molar-refractivity contribution in [2.75, 3.05) is 5.73 Å². The number of anilines is 1. The van der Waals surface area contributed by atoms with Crippen molar-refractivity contribution in [1.29, 1.82) is 0 Å². The van der Waals surface area contributed by atoms with Crippen LogP contribution in [0.25, 0.3) is 0 Å². The number of benzene rings is 1. The van der Waals surface area contributed by atoms with E-state index < -0.39 is 0 Å². The zero-order chi connectivity index (χ0) is 13.3. The Morgan fingerprint density at radius 1 is 1.28 bits per heavy atom. The molecule has 0 aliphatic carbocycles. The minimum Gasteiger partial charge on any atom is -0.375 e. The molecule has 1 aromatic carbocycles. The molecule has 2 aromatic rings. The molecule has 0 radical (unpaired) electrons. The van der Waals surface area contributed by atoms with E-state index in [9.17, 15) is 4.39 Å². The van der Waals surface area contributed by atoms with Crippen molar-refractivity contribution in [2.24, 2.45) is 0 Å². The molecule has 18 heavy (non-hydrogen) atoms. The van der Waals surface area contributed by atoms with Gasteiger partial charge in [-0.3, -0.25) is 0 Å². The van der Waals surface area contributed by atoms with Gasteiger partial charge in [-0.05, 0) is 11.6 Å². The first-order valence-electron chi connectivity index (χ1n) is 5.87. The average molecular weight is 264 g/mol. The normalized spacial score (nSPS) is 11.8. The number of rotatable bonds is 2. The monoisotopic (exact) mass is 264 g/mol. The first-order valence-corrected chi connectivity index (χ1v) is 6.68. The summed E-state index contributed by atoms with van der Waals surface area (Å²) in [6.45, 7) is 6.27. The molecule has 0 saturated carbocycles. The van der Waals surface area contributed by atoms with E-state index in [1.54, 1.807) is 12.1 Å². The molecule has 4 heteroatoms. The minimum absolute atomic E-state index is 0.0747. The van der Waals surface area contributed by atoms with Crippen LogP contribution in [-0.2, 0) is 11.8 Å². The lowest BCUT2D eigenvalue weighted by Crippen LogP contribution is -2.14. The van der Waals surface area contributed by atoms with Crippen molar-refractivity contribution in [1.82, 2.24) is 4.98 Å². The van der Waals surface area contributed by atoms with Crippen molar-refractivity contribution in [3.63, 3.8) is 0 Å². The number of hydrogen-bond acceptors (Lipinski definition) is 3. The molecule has 1 heterocycles. The van der Waals surface area contributed by atoms with E-state index in [0.717, 1.165) is 10.6 Å². The Hall–Kier alpha value is -1.42. The standard InChI is InChI=1S/C14H17FN2S/c1-14(2,3)12-11(18-13(16)17-12)8-9-6-4-5-7-10(9)15/h4-7H,8H2,1-3H3,(H2,16,17). The third-order valence-electron chi connectivity index (χ3n) is 2.73. The van der Waals surface area contributed by atoms with Crippen LogP contribution in [0.1, 0.15) is 36.9 Å². The number of nitrogens with zero attached hydrogens (tertiary/aromatic N) is 1. The zero-order valence-corrected chi connectivity index (χ0v) is 11.6. The van der Waals surface area contributed by atoms with Gasteiger partial charge < -0.3 is 5.73 Å². The summed E-state index contributed by atoms with van der Waals surface area (Å²) in [7, 11) is 0. The number of nitrogen functional groups attached to an aromatic ring is 1. The number of aromatic nitrogens is 1. The maximum Gasteiger partial charge on any atom is 0.180 e. The van der Waals surface area contributed by atoms with Gasteiger partial charge in [-0.1, -0.05) is 39.0 Å². The predicted molar refractivity (Wildman–Crippen MR) is 74.4 cm³/mol. The van der Waals surface area contributed by atoms with Gasteiger partial charge in [0.05, 0.1) is 5.69 Å². The van der Waals surface area contributed by atoms with Crippen molar-refractivity contribution in [3.05, 3.63) is 46.2 Å². The number of nitrogens with two attached hydrogens (primary N) is 1. The molecule has 0 aliphatic heterocycles. The summed E-state index contributed by atoms with van der Waals surface area (Å²) >= 11 is 1.44. The summed E-state index contributed by atoms with van der Waals surface area (Å²) in [5.74, 6) is -0.177. The lowest BCUT2D eigenvalue weighted by atomic mass is 9.90. The molecule has 96 valence electrons. The first-order chi connectivity index (χ1) is 8.38. The topological polar surface area (TPSA) is 38.9 Å². The Balaban J connectivity index is 2.38. The Morgan fingerprint density at radius 2 is 1.94 bits per heavy atom. The van der Waals surface area contributed by atoms with Gasteiger partial charge >= 0.3 is 0 Å². The van der Waals surface area contributed by atoms with Crippen LogP contribution in [0.5, 0.6) is 0 Å². The summed E-state index contributed by atoms with van der Waals surface area (Å²) in [4.78, 5) is 5.43. The van der Waals surface area contributed by atoms with Crippen LogP contribution in [0.15, 0.2) is 24.3 Å². The van der Waals surface area contributed by atoms with Crippen molar-refractivity contribution in [3.8, 4) is 0 Å². The van der Waals surface area contributed by atoms with Crippen LogP contribution in [0.4, 0.5) is 9.52 Å². The second-order valence-corrected chi connectivity index (χ2v) is 6.46. The van der Waals surface area contributed by atoms with E-state index in [2.05, 4.69) is 25.8 Å². The highest BCUT2D eigenvalue weighted by Crippen LogP contribution is 2.32. The van der Waals surface area contributed by atoms with E-state index in [4.69, 9.17) is 5.73 Å². The third kappa shape index (κ3) is 2.70. The molecular weight excluding hydrogens is 247 g/mol. The van der Waals surface area contributed by atoms with Crippen LogP contribution >= 0.6 is 11.3 Å². The molecule has 0 atom stereocenters. The molecule has 2 nitrogen and oxygen atoms in total. The van der Waals surface area contributed by atoms with Gasteiger partial charge in [0.25, 0.3) is 0 Å². The molecular formula is C14H17FN2S. The molecule has 0 saturated heterocycles. The van der Waals surface area contributed by atoms with Crippen molar-refractivity contribution in [2.45, 2.75) is 32.6 Å². The Labute approximate surface area is 111 Å². The van der Waals surface area contributed by atoms with E-state index in [1.165, 1.54) is 17.4 Å². The molecule has 2 N–H and O–H groups in total. The predicted octanol–water partition coefficient (Wildman–Crippen LogP) is 3.75. The minimum atomic E-state index is -0.177. The highest BCUT2D eigenvalue weighted by atomic mass is 32.1. The van der Waals surface area contributed by atoms with Gasteiger partial charge in [0, 0.05) is 16.7 Å². The van der Waals surface area contributed by atoms with Crippen LogP contribution < -0.4 is 5.73 Å². The lowest BCUT2D eigenvalue weighted by Gasteiger charge is -2.17. The van der Waals surface area contributed by atoms with Gasteiger partial charge in [-0.2, -0.15) is 0 Å². The first kappa shape index (κ1) is 13.0. The summed E-state index contributed by atoms with van der Waals surface area (Å²) in [5, 5.41) is 0.547. The maximum atomic E-state index is 13.7. The molecule has 2 rings (SSSR count). The molecule has 0 fully saturated rings. The molecule has 0 aliphatic rings. The maximum absolute atomic E-state index is 13.7. The fraction of sp³-hybridized carbons (Fsp3) is 0.357.